The zero-order chi connectivity index (χ0) is 17.9. The van der Waals surface area contributed by atoms with Gasteiger partial charge >= 0.3 is 5.97 Å². The molecule has 0 spiro atoms. The Balaban J connectivity index is 3.86. The summed E-state index contributed by atoms with van der Waals surface area (Å²) < 4.78 is 5.14. The predicted molar refractivity (Wildman–Crippen MR) is 104 cm³/mol. The average Bonchev–Trinajstić information content (AvgIpc) is 2.60. The van der Waals surface area contributed by atoms with E-state index in [0.717, 1.165) is 19.6 Å². The average molecular weight is 340 g/mol. The molecule has 0 rings (SSSR count). The molecular weight excluding hydrogens is 298 g/mol. The topological polar surface area (TPSA) is 29.5 Å². The van der Waals surface area contributed by atoms with E-state index in [2.05, 4.69) is 25.3 Å². The van der Waals surface area contributed by atoms with Crippen LogP contribution in [0.15, 0.2) is 12.7 Å². The van der Waals surface area contributed by atoms with Gasteiger partial charge in [-0.15, -0.1) is 0 Å². The van der Waals surface area contributed by atoms with E-state index in [0.29, 0.717) is 6.61 Å². The van der Waals surface area contributed by atoms with E-state index in [1.165, 1.54) is 83.1 Å². The molecule has 0 aromatic rings. The Labute approximate surface area is 150 Å². The molecule has 0 amide bonds. The number of hydrogen-bond acceptors (Lipinski definition) is 3. The summed E-state index contributed by atoms with van der Waals surface area (Å²) >= 11 is 0. The molecule has 0 unspecified atom stereocenters. The highest BCUT2D eigenvalue weighted by Gasteiger charge is 2.06. The molecule has 0 saturated carbocycles. The fourth-order valence-electron chi connectivity index (χ4n) is 2.90. The third-order valence-corrected chi connectivity index (χ3v) is 4.47. The molecule has 3 heteroatoms. The number of nitrogens with zero attached hydrogens (tertiary/aromatic N) is 1. The second kappa shape index (κ2) is 18.5. The molecule has 0 aliphatic carbocycles. The van der Waals surface area contributed by atoms with Crippen molar-refractivity contribution in [2.75, 3.05) is 26.2 Å². The minimum absolute atomic E-state index is 0.311. The molecule has 0 aliphatic heterocycles. The summed E-state index contributed by atoms with van der Waals surface area (Å²) in [4.78, 5) is 13.6. The normalized spacial score (nSPS) is 11.0. The minimum atomic E-state index is -0.311. The summed E-state index contributed by atoms with van der Waals surface area (Å²) in [6.07, 6.45) is 17.2. The first-order valence-electron chi connectivity index (χ1n) is 10.3. The zero-order valence-corrected chi connectivity index (χ0v) is 16.4. The van der Waals surface area contributed by atoms with Gasteiger partial charge in [0.25, 0.3) is 0 Å². The van der Waals surface area contributed by atoms with Gasteiger partial charge in [-0.2, -0.15) is 0 Å². The van der Waals surface area contributed by atoms with Crippen molar-refractivity contribution in [3.05, 3.63) is 12.7 Å². The van der Waals surface area contributed by atoms with Crippen LogP contribution in [0, 0.1) is 0 Å². The van der Waals surface area contributed by atoms with E-state index in [9.17, 15) is 4.79 Å². The van der Waals surface area contributed by atoms with Crippen LogP contribution in [0.3, 0.4) is 0 Å². The lowest BCUT2D eigenvalue weighted by atomic mass is 10.1. The quantitative estimate of drug-likeness (QED) is 0.181. The van der Waals surface area contributed by atoms with Crippen molar-refractivity contribution in [1.82, 2.24) is 4.90 Å². The molecule has 0 aliphatic rings. The van der Waals surface area contributed by atoms with Crippen LogP contribution >= 0.6 is 0 Å². The third-order valence-electron chi connectivity index (χ3n) is 4.47. The Morgan fingerprint density at radius 2 is 1.25 bits per heavy atom. The molecule has 0 aromatic heterocycles. The highest BCUT2D eigenvalue weighted by Crippen LogP contribution is 2.09. The standard InChI is InChI=1S/C21H41NO2/c1-4-7-9-11-13-15-17-22(19-20-24-21(23)6-3)18-16-14-12-10-8-5-2/h6H,3-5,7-20H2,1-2H3. The van der Waals surface area contributed by atoms with Crippen molar-refractivity contribution >= 4 is 5.97 Å². The first-order chi connectivity index (χ1) is 11.7. The molecular formula is C21H41NO2. The number of unbranched alkanes of at least 4 members (excludes halogenated alkanes) is 10. The summed E-state index contributed by atoms with van der Waals surface area (Å²) in [5, 5.41) is 0. The fraction of sp³-hybridized carbons (Fsp3) is 0.857. The number of ether oxygens (including phenoxy) is 1. The number of hydrogen-bond donors (Lipinski definition) is 0. The predicted octanol–water partition coefficient (Wildman–Crippen LogP) is 5.74. The maximum atomic E-state index is 11.2. The highest BCUT2D eigenvalue weighted by atomic mass is 16.5. The van der Waals surface area contributed by atoms with Crippen LogP contribution in [0.25, 0.3) is 0 Å². The molecule has 0 aromatic carbocycles. The van der Waals surface area contributed by atoms with E-state index in [1.54, 1.807) is 0 Å². The van der Waals surface area contributed by atoms with Gasteiger partial charge in [-0.3, -0.25) is 4.90 Å². The molecule has 24 heavy (non-hydrogen) atoms. The van der Waals surface area contributed by atoms with Gasteiger partial charge in [-0.1, -0.05) is 84.6 Å². The SMILES string of the molecule is C=CC(=O)OCCN(CCCCCCCC)CCCCCCCC. The van der Waals surface area contributed by atoms with Crippen LogP contribution < -0.4 is 0 Å². The van der Waals surface area contributed by atoms with E-state index in [1.807, 2.05) is 0 Å². The van der Waals surface area contributed by atoms with Crippen molar-refractivity contribution < 1.29 is 9.53 Å². The van der Waals surface area contributed by atoms with Gasteiger partial charge < -0.3 is 4.74 Å². The van der Waals surface area contributed by atoms with E-state index in [4.69, 9.17) is 4.74 Å². The lowest BCUT2D eigenvalue weighted by Crippen LogP contribution is -2.30. The lowest BCUT2D eigenvalue weighted by Gasteiger charge is -2.22. The molecule has 0 heterocycles. The van der Waals surface area contributed by atoms with Gasteiger partial charge in [-0.05, 0) is 25.9 Å². The number of esters is 1. The lowest BCUT2D eigenvalue weighted by molar-refractivity contribution is -0.138. The van der Waals surface area contributed by atoms with Crippen molar-refractivity contribution in [3.8, 4) is 0 Å². The second-order valence-electron chi connectivity index (χ2n) is 6.75. The summed E-state index contributed by atoms with van der Waals surface area (Å²) in [5.74, 6) is -0.311. The largest absolute Gasteiger partial charge is 0.461 e. The maximum absolute atomic E-state index is 11.2. The van der Waals surface area contributed by atoms with Crippen LogP contribution in [0.1, 0.15) is 90.9 Å². The first kappa shape index (κ1) is 23.2. The van der Waals surface area contributed by atoms with Crippen LogP contribution in [0.2, 0.25) is 0 Å². The van der Waals surface area contributed by atoms with E-state index < -0.39 is 0 Å². The summed E-state index contributed by atoms with van der Waals surface area (Å²) in [5.41, 5.74) is 0. The molecule has 142 valence electrons. The van der Waals surface area contributed by atoms with Crippen LogP contribution in [0.5, 0.6) is 0 Å². The van der Waals surface area contributed by atoms with Crippen LogP contribution in [-0.4, -0.2) is 37.1 Å². The molecule has 0 bridgehead atoms. The van der Waals surface area contributed by atoms with Gasteiger partial charge in [0.15, 0.2) is 0 Å². The Bertz CT molecular complexity index is 276. The number of rotatable bonds is 18. The van der Waals surface area contributed by atoms with Crippen molar-refractivity contribution in [2.24, 2.45) is 0 Å². The molecule has 0 radical (unpaired) electrons. The smallest absolute Gasteiger partial charge is 0.330 e. The van der Waals surface area contributed by atoms with Gasteiger partial charge in [-0.25, -0.2) is 4.79 Å². The van der Waals surface area contributed by atoms with Gasteiger partial charge in [0.05, 0.1) is 0 Å². The Hall–Kier alpha value is -0.830. The Morgan fingerprint density at radius 1 is 0.792 bits per heavy atom. The first-order valence-corrected chi connectivity index (χ1v) is 10.3. The fourth-order valence-corrected chi connectivity index (χ4v) is 2.90. The molecule has 0 atom stereocenters. The van der Waals surface area contributed by atoms with Crippen molar-refractivity contribution in [1.29, 1.82) is 0 Å². The van der Waals surface area contributed by atoms with Crippen LogP contribution in [0.4, 0.5) is 0 Å². The highest BCUT2D eigenvalue weighted by molar-refractivity contribution is 5.81. The number of carbonyl (C=O) groups is 1. The summed E-state index contributed by atoms with van der Waals surface area (Å²) in [7, 11) is 0. The van der Waals surface area contributed by atoms with Crippen LogP contribution in [-0.2, 0) is 9.53 Å². The van der Waals surface area contributed by atoms with Crippen molar-refractivity contribution in [3.63, 3.8) is 0 Å². The second-order valence-corrected chi connectivity index (χ2v) is 6.75. The molecule has 3 nitrogen and oxygen atoms in total. The third kappa shape index (κ3) is 16.0. The van der Waals surface area contributed by atoms with Crippen molar-refractivity contribution in [2.45, 2.75) is 90.9 Å². The monoisotopic (exact) mass is 339 g/mol. The van der Waals surface area contributed by atoms with E-state index >= 15 is 0 Å². The zero-order valence-electron chi connectivity index (χ0n) is 16.4. The Kier molecular flexibility index (Phi) is 17.9. The molecule has 0 fully saturated rings. The van der Waals surface area contributed by atoms with Gasteiger partial charge in [0, 0.05) is 12.6 Å². The molecule has 0 saturated heterocycles. The maximum Gasteiger partial charge on any atom is 0.330 e. The minimum Gasteiger partial charge on any atom is -0.461 e. The summed E-state index contributed by atoms with van der Waals surface area (Å²) in [6, 6.07) is 0. The Morgan fingerprint density at radius 3 is 1.71 bits per heavy atom. The van der Waals surface area contributed by atoms with Gasteiger partial charge in [0.1, 0.15) is 6.61 Å². The number of carbonyl (C=O) groups excluding carboxylic acids is 1. The summed E-state index contributed by atoms with van der Waals surface area (Å²) in [6.45, 7) is 11.6. The molecule has 0 N–H and O–H groups in total. The van der Waals surface area contributed by atoms with Gasteiger partial charge in [0.2, 0.25) is 0 Å². The van der Waals surface area contributed by atoms with E-state index in [-0.39, 0.29) is 5.97 Å².